The number of rotatable bonds is 4. The van der Waals surface area contributed by atoms with Crippen molar-refractivity contribution in [2.24, 2.45) is 5.14 Å². The molecule has 0 bridgehead atoms. The Morgan fingerprint density at radius 1 is 1.00 bits per heavy atom. The number of aromatic amines is 1. The minimum atomic E-state index is -4.60. The molecule has 1 heterocycles. The number of nitrogens with zero attached hydrogens (tertiary/aromatic N) is 1. The summed E-state index contributed by atoms with van der Waals surface area (Å²) in [6.45, 7) is 0. The summed E-state index contributed by atoms with van der Waals surface area (Å²) in [5.74, 6) is -0.571. The molecule has 0 saturated carbocycles. The molecule has 1 unspecified atom stereocenters. The third-order valence-corrected chi connectivity index (χ3v) is 5.45. The van der Waals surface area contributed by atoms with Crippen LogP contribution in [0.4, 0.5) is 17.6 Å². The lowest BCUT2D eigenvalue weighted by atomic mass is 10.1. The lowest BCUT2D eigenvalue weighted by Crippen LogP contribution is -2.05. The molecule has 4 rings (SSSR count). The molecule has 0 aliphatic heterocycles. The summed E-state index contributed by atoms with van der Waals surface area (Å²) in [6, 6.07) is 14.8. The molecule has 31 heavy (non-hydrogen) atoms. The zero-order chi connectivity index (χ0) is 22.2. The van der Waals surface area contributed by atoms with Gasteiger partial charge >= 0.3 is 6.18 Å². The van der Waals surface area contributed by atoms with Crippen LogP contribution in [0.15, 0.2) is 65.6 Å². The molecular weight excluding hydrogens is 430 g/mol. The number of aromatic nitrogens is 2. The Kier molecular flexibility index (Phi) is 5.47. The highest BCUT2D eigenvalue weighted by atomic mass is 32.2. The van der Waals surface area contributed by atoms with Gasteiger partial charge in [0.2, 0.25) is 0 Å². The molecule has 0 radical (unpaired) electrons. The molecule has 3 N–H and O–H groups in total. The van der Waals surface area contributed by atoms with Gasteiger partial charge in [-0.1, -0.05) is 30.3 Å². The van der Waals surface area contributed by atoms with Crippen LogP contribution >= 0.6 is 0 Å². The van der Waals surface area contributed by atoms with E-state index in [-0.39, 0.29) is 5.56 Å². The Hall–Kier alpha value is -3.30. The van der Waals surface area contributed by atoms with Crippen LogP contribution in [-0.2, 0) is 17.2 Å². The van der Waals surface area contributed by atoms with Crippen LogP contribution in [0.3, 0.4) is 0 Å². The summed E-state index contributed by atoms with van der Waals surface area (Å²) < 4.78 is 63.8. The van der Waals surface area contributed by atoms with E-state index in [1.54, 1.807) is 18.2 Å². The maximum absolute atomic E-state index is 14.0. The van der Waals surface area contributed by atoms with Gasteiger partial charge in [-0.05, 0) is 53.6 Å². The second-order valence-electron chi connectivity index (χ2n) is 6.71. The zero-order valence-electron chi connectivity index (χ0n) is 15.8. The number of fused-ring (bicyclic) bond motifs is 1. The summed E-state index contributed by atoms with van der Waals surface area (Å²) in [5.41, 5.74) is 1.80. The van der Waals surface area contributed by atoms with E-state index < -0.39 is 28.5 Å². The van der Waals surface area contributed by atoms with E-state index in [4.69, 9.17) is 5.14 Å². The smallest absolute Gasteiger partial charge is 0.338 e. The van der Waals surface area contributed by atoms with E-state index in [2.05, 4.69) is 9.97 Å². The molecule has 0 aliphatic rings. The standard InChI is InChI=1S/C22H15F4N3OS/c23-17-12-15(22(24,25)26)8-5-13(17)7-10-21-28-18-9-6-14(11-19(18)29-21)16-3-1-2-4-20(16)31(27)30/h1-12H,27H2,(H,28,29)/b10-7+. The number of H-pyrrole nitrogens is 1. The van der Waals surface area contributed by atoms with E-state index in [9.17, 15) is 21.8 Å². The highest BCUT2D eigenvalue weighted by Crippen LogP contribution is 2.31. The third kappa shape index (κ3) is 4.42. The molecule has 4 aromatic rings. The highest BCUT2D eigenvalue weighted by Gasteiger charge is 2.30. The second kappa shape index (κ2) is 8.09. The first-order chi connectivity index (χ1) is 14.7. The Labute approximate surface area is 177 Å². The van der Waals surface area contributed by atoms with Gasteiger partial charge in [0, 0.05) is 5.56 Å². The summed E-state index contributed by atoms with van der Waals surface area (Å²) in [5, 5.41) is 5.56. The lowest BCUT2D eigenvalue weighted by molar-refractivity contribution is -0.137. The molecule has 1 aromatic heterocycles. The second-order valence-corrected chi connectivity index (χ2v) is 7.75. The molecule has 0 spiro atoms. The fourth-order valence-corrected chi connectivity index (χ4v) is 3.78. The molecule has 4 nitrogen and oxygen atoms in total. The fraction of sp³-hybridized carbons (Fsp3) is 0.0455. The van der Waals surface area contributed by atoms with Crippen molar-refractivity contribution in [3.05, 3.63) is 83.4 Å². The maximum atomic E-state index is 14.0. The summed E-state index contributed by atoms with van der Waals surface area (Å²) >= 11 is 0. The maximum Gasteiger partial charge on any atom is 0.416 e. The lowest BCUT2D eigenvalue weighted by Gasteiger charge is -2.07. The summed E-state index contributed by atoms with van der Waals surface area (Å²) in [6.07, 6.45) is -1.77. The fourth-order valence-electron chi connectivity index (χ4n) is 3.16. The molecule has 1 atom stereocenters. The largest absolute Gasteiger partial charge is 0.416 e. The van der Waals surface area contributed by atoms with Gasteiger partial charge in [-0.2, -0.15) is 13.2 Å². The van der Waals surface area contributed by atoms with E-state index in [1.165, 1.54) is 12.2 Å². The van der Waals surface area contributed by atoms with Crippen molar-refractivity contribution in [1.82, 2.24) is 9.97 Å². The number of alkyl halides is 3. The Balaban J connectivity index is 1.65. The van der Waals surface area contributed by atoms with Gasteiger partial charge in [0.05, 0.1) is 21.5 Å². The highest BCUT2D eigenvalue weighted by molar-refractivity contribution is 7.82. The number of hydrogen-bond donors (Lipinski definition) is 2. The average molecular weight is 445 g/mol. The average Bonchev–Trinajstić information content (AvgIpc) is 3.14. The number of hydrogen-bond acceptors (Lipinski definition) is 2. The molecule has 0 aliphatic carbocycles. The normalized spacial score (nSPS) is 13.2. The first-order valence-electron chi connectivity index (χ1n) is 9.02. The van der Waals surface area contributed by atoms with Crippen molar-refractivity contribution in [3.8, 4) is 11.1 Å². The molecular formula is C22H15F4N3OS. The van der Waals surface area contributed by atoms with E-state index >= 15 is 0 Å². The molecule has 0 saturated heterocycles. The van der Waals surface area contributed by atoms with Crippen LogP contribution in [0.25, 0.3) is 34.3 Å². The zero-order valence-corrected chi connectivity index (χ0v) is 16.6. The molecule has 0 fully saturated rings. The SMILES string of the molecule is NS(=O)c1ccccc1-c1ccc2nc(/C=C/c3ccc(C(F)(F)F)cc3F)[nH]c2c1. The van der Waals surface area contributed by atoms with Crippen molar-refractivity contribution in [3.63, 3.8) is 0 Å². The predicted octanol–water partition coefficient (Wildman–Crippen LogP) is 5.54. The van der Waals surface area contributed by atoms with Crippen molar-refractivity contribution in [2.75, 3.05) is 0 Å². The predicted molar refractivity (Wildman–Crippen MR) is 112 cm³/mol. The van der Waals surface area contributed by atoms with Gasteiger partial charge in [-0.15, -0.1) is 0 Å². The van der Waals surface area contributed by atoms with E-state index in [1.807, 2.05) is 24.3 Å². The Bertz CT molecular complexity index is 1330. The van der Waals surface area contributed by atoms with Gasteiger partial charge in [0.25, 0.3) is 0 Å². The number of halogens is 4. The van der Waals surface area contributed by atoms with Crippen LogP contribution < -0.4 is 5.14 Å². The van der Waals surface area contributed by atoms with Crippen molar-refractivity contribution in [1.29, 1.82) is 0 Å². The van der Waals surface area contributed by atoms with Gasteiger partial charge < -0.3 is 4.98 Å². The summed E-state index contributed by atoms with van der Waals surface area (Å²) in [4.78, 5) is 7.95. The number of imidazole rings is 1. The Morgan fingerprint density at radius 2 is 1.77 bits per heavy atom. The number of nitrogens with one attached hydrogen (secondary N) is 1. The van der Waals surface area contributed by atoms with Crippen LogP contribution in [0.2, 0.25) is 0 Å². The van der Waals surface area contributed by atoms with Crippen molar-refractivity contribution < 1.29 is 21.8 Å². The molecule has 158 valence electrons. The van der Waals surface area contributed by atoms with Gasteiger partial charge in [0.15, 0.2) is 0 Å². The third-order valence-electron chi connectivity index (χ3n) is 4.66. The van der Waals surface area contributed by atoms with Gasteiger partial charge in [-0.25, -0.2) is 18.7 Å². The minimum absolute atomic E-state index is 0.00787. The van der Waals surface area contributed by atoms with Crippen LogP contribution in [0.1, 0.15) is 17.0 Å². The number of benzene rings is 3. The molecule has 0 amide bonds. The monoisotopic (exact) mass is 445 g/mol. The first-order valence-corrected chi connectivity index (χ1v) is 10.2. The van der Waals surface area contributed by atoms with Crippen LogP contribution in [0.5, 0.6) is 0 Å². The number of nitrogens with two attached hydrogens (primary N) is 1. The molecule has 9 heteroatoms. The topological polar surface area (TPSA) is 71.8 Å². The van der Waals surface area contributed by atoms with Crippen LogP contribution in [-0.4, -0.2) is 14.2 Å². The first kappa shape index (κ1) is 21.0. The quantitative estimate of drug-likeness (QED) is 0.405. The van der Waals surface area contributed by atoms with Gasteiger partial charge in [-0.3, -0.25) is 0 Å². The van der Waals surface area contributed by atoms with E-state index in [0.29, 0.717) is 27.8 Å². The van der Waals surface area contributed by atoms with Gasteiger partial charge in [0.1, 0.15) is 22.6 Å². The van der Waals surface area contributed by atoms with E-state index in [0.717, 1.165) is 23.3 Å². The molecule has 3 aromatic carbocycles. The Morgan fingerprint density at radius 3 is 2.48 bits per heavy atom. The summed E-state index contributed by atoms with van der Waals surface area (Å²) in [7, 11) is -1.65. The minimum Gasteiger partial charge on any atom is -0.338 e. The van der Waals surface area contributed by atoms with Crippen molar-refractivity contribution >= 4 is 34.2 Å². The van der Waals surface area contributed by atoms with Crippen LogP contribution in [0, 0.1) is 5.82 Å². The van der Waals surface area contributed by atoms with Crippen molar-refractivity contribution in [2.45, 2.75) is 11.1 Å².